The van der Waals surface area contributed by atoms with Crippen LogP contribution < -0.4 is 0 Å². The molecule has 0 spiro atoms. The van der Waals surface area contributed by atoms with Gasteiger partial charge < -0.3 is 15.3 Å². The smallest absolute Gasteiger partial charge is 0.329 e. The Bertz CT molecular complexity index is 385. The monoisotopic (exact) mass is 259 g/mol. The van der Waals surface area contributed by atoms with E-state index in [1.54, 1.807) is 0 Å². The molecule has 0 rings (SSSR count). The van der Waals surface area contributed by atoms with Gasteiger partial charge in [-0.15, -0.1) is 0 Å². The van der Waals surface area contributed by atoms with Crippen molar-refractivity contribution in [3.05, 3.63) is 12.2 Å². The number of carboxylic acid groups (broad SMARTS) is 3. The van der Waals surface area contributed by atoms with Crippen molar-refractivity contribution in [3.63, 3.8) is 0 Å². The van der Waals surface area contributed by atoms with Gasteiger partial charge in [0.15, 0.2) is 11.8 Å². The van der Waals surface area contributed by atoms with Gasteiger partial charge in [-0.2, -0.15) is 0 Å². The minimum absolute atomic E-state index is 0.0943. The zero-order valence-corrected chi connectivity index (χ0v) is 9.62. The lowest BCUT2D eigenvalue weighted by Gasteiger charge is -2.24. The lowest BCUT2D eigenvalue weighted by atomic mass is 10.1. The second-order valence-corrected chi connectivity index (χ2v) is 3.58. The number of carbonyl (C=O) groups excluding carboxylic acids is 1. The maximum atomic E-state index is 11.6. The number of Topliss-reactive ketones (excluding diaryl/α,β-unsaturated/α-hetero) is 1. The van der Waals surface area contributed by atoms with Gasteiger partial charge in [0.05, 0.1) is 13.1 Å². The van der Waals surface area contributed by atoms with Crippen LogP contribution in [0.1, 0.15) is 6.92 Å². The molecule has 8 nitrogen and oxygen atoms in total. The third-order valence-corrected chi connectivity index (χ3v) is 1.94. The Hall–Kier alpha value is -2.22. The number of nitrogens with zero attached hydrogens (tertiary/aromatic N) is 1. The Morgan fingerprint density at radius 1 is 1.06 bits per heavy atom. The van der Waals surface area contributed by atoms with E-state index in [0.29, 0.717) is 4.90 Å². The van der Waals surface area contributed by atoms with E-state index in [4.69, 9.17) is 15.3 Å². The van der Waals surface area contributed by atoms with E-state index in [1.807, 2.05) is 0 Å². The summed E-state index contributed by atoms with van der Waals surface area (Å²) in [7, 11) is 0. The third kappa shape index (κ3) is 4.74. The summed E-state index contributed by atoms with van der Waals surface area (Å²) in [5.41, 5.74) is -0.0943. The Kier molecular flexibility index (Phi) is 5.70. The predicted molar refractivity (Wildman–Crippen MR) is 58.1 cm³/mol. The Balaban J connectivity index is 5.26. The van der Waals surface area contributed by atoms with Crippen molar-refractivity contribution in [2.75, 3.05) is 13.1 Å². The first-order chi connectivity index (χ1) is 8.16. The minimum Gasteiger partial charge on any atom is -0.480 e. The van der Waals surface area contributed by atoms with Crippen LogP contribution in [0.25, 0.3) is 0 Å². The average Bonchev–Trinajstić information content (AvgIpc) is 2.14. The van der Waals surface area contributed by atoms with E-state index >= 15 is 0 Å². The van der Waals surface area contributed by atoms with Crippen molar-refractivity contribution in [1.82, 2.24) is 4.90 Å². The lowest BCUT2D eigenvalue weighted by molar-refractivity contribution is -0.151. The van der Waals surface area contributed by atoms with Crippen LogP contribution in [0, 0.1) is 0 Å². The van der Waals surface area contributed by atoms with E-state index in [0.717, 1.165) is 0 Å². The topological polar surface area (TPSA) is 132 Å². The molecular formula is C10H13NO7. The first-order valence-corrected chi connectivity index (χ1v) is 4.77. The van der Waals surface area contributed by atoms with Crippen molar-refractivity contribution in [1.29, 1.82) is 0 Å². The highest BCUT2D eigenvalue weighted by Crippen LogP contribution is 2.07. The summed E-state index contributed by atoms with van der Waals surface area (Å²) in [5, 5.41) is 26.1. The van der Waals surface area contributed by atoms with Gasteiger partial charge in [0.25, 0.3) is 0 Å². The lowest BCUT2D eigenvalue weighted by Crippen LogP contribution is -2.51. The molecule has 0 radical (unpaired) electrons. The zero-order valence-electron chi connectivity index (χ0n) is 9.62. The van der Waals surface area contributed by atoms with Gasteiger partial charge in [-0.25, -0.2) is 0 Å². The molecule has 0 aliphatic heterocycles. The zero-order chi connectivity index (χ0) is 14.5. The van der Waals surface area contributed by atoms with Crippen molar-refractivity contribution < 1.29 is 34.5 Å². The van der Waals surface area contributed by atoms with Crippen LogP contribution in [0.4, 0.5) is 0 Å². The molecule has 0 aromatic carbocycles. The molecule has 0 aromatic heterocycles. The standard InChI is InChI=1S/C10H13NO7/c1-5(2)9(16)8(10(17)18)11(3-6(12)13)4-7(14)15/h8H,1,3-4H2,2H3,(H,12,13)(H,14,15)(H,17,18). The summed E-state index contributed by atoms with van der Waals surface area (Å²) >= 11 is 0. The largest absolute Gasteiger partial charge is 0.480 e. The normalized spacial score (nSPS) is 11.9. The van der Waals surface area contributed by atoms with Crippen LogP contribution in [0.15, 0.2) is 12.2 Å². The molecule has 18 heavy (non-hydrogen) atoms. The van der Waals surface area contributed by atoms with Gasteiger partial charge in [0.2, 0.25) is 0 Å². The van der Waals surface area contributed by atoms with Gasteiger partial charge in [-0.1, -0.05) is 6.58 Å². The number of carbonyl (C=O) groups is 4. The first kappa shape index (κ1) is 15.8. The summed E-state index contributed by atoms with van der Waals surface area (Å²) < 4.78 is 0. The Labute approximate surface area is 102 Å². The van der Waals surface area contributed by atoms with E-state index in [-0.39, 0.29) is 5.57 Å². The molecule has 0 bridgehead atoms. The maximum Gasteiger partial charge on any atom is 0.329 e. The molecule has 100 valence electrons. The summed E-state index contributed by atoms with van der Waals surface area (Å²) in [4.78, 5) is 44.2. The molecule has 0 heterocycles. The highest BCUT2D eigenvalue weighted by molar-refractivity contribution is 6.11. The molecule has 0 fully saturated rings. The van der Waals surface area contributed by atoms with Crippen LogP contribution in [-0.2, 0) is 19.2 Å². The van der Waals surface area contributed by atoms with Gasteiger partial charge >= 0.3 is 17.9 Å². The van der Waals surface area contributed by atoms with Crippen LogP contribution in [0.3, 0.4) is 0 Å². The maximum absolute atomic E-state index is 11.6. The molecule has 8 heteroatoms. The fourth-order valence-electron chi connectivity index (χ4n) is 1.25. The van der Waals surface area contributed by atoms with E-state index in [9.17, 15) is 19.2 Å². The van der Waals surface area contributed by atoms with Crippen molar-refractivity contribution in [2.45, 2.75) is 13.0 Å². The van der Waals surface area contributed by atoms with Crippen LogP contribution >= 0.6 is 0 Å². The van der Waals surface area contributed by atoms with Gasteiger partial charge in [0, 0.05) is 0 Å². The van der Waals surface area contributed by atoms with Crippen LogP contribution in [-0.4, -0.2) is 63.0 Å². The average molecular weight is 259 g/mol. The second-order valence-electron chi connectivity index (χ2n) is 3.58. The summed E-state index contributed by atoms with van der Waals surface area (Å²) in [6, 6.07) is -1.87. The highest BCUT2D eigenvalue weighted by Gasteiger charge is 2.35. The molecule has 0 saturated heterocycles. The molecule has 0 aromatic rings. The molecular weight excluding hydrogens is 246 g/mol. The van der Waals surface area contributed by atoms with Crippen LogP contribution in [0.2, 0.25) is 0 Å². The molecule has 0 saturated carbocycles. The number of hydrogen-bond acceptors (Lipinski definition) is 5. The molecule has 1 atom stereocenters. The van der Waals surface area contributed by atoms with E-state index in [2.05, 4.69) is 6.58 Å². The van der Waals surface area contributed by atoms with E-state index in [1.165, 1.54) is 6.92 Å². The molecule has 3 N–H and O–H groups in total. The summed E-state index contributed by atoms with van der Waals surface area (Å²) in [5.74, 6) is -5.41. The molecule has 1 unspecified atom stereocenters. The third-order valence-electron chi connectivity index (χ3n) is 1.94. The SMILES string of the molecule is C=C(C)C(=O)C(C(=O)O)N(CC(=O)O)CC(=O)O. The number of hydrogen-bond donors (Lipinski definition) is 3. The van der Waals surface area contributed by atoms with Crippen LogP contribution in [0.5, 0.6) is 0 Å². The number of aliphatic carboxylic acids is 3. The fourth-order valence-corrected chi connectivity index (χ4v) is 1.25. The quantitative estimate of drug-likeness (QED) is 0.375. The van der Waals surface area contributed by atoms with Gasteiger partial charge in [-0.3, -0.25) is 24.1 Å². The minimum atomic E-state index is -1.87. The molecule has 0 amide bonds. The fraction of sp³-hybridized carbons (Fsp3) is 0.400. The second kappa shape index (κ2) is 6.50. The Morgan fingerprint density at radius 3 is 1.67 bits per heavy atom. The summed E-state index contributed by atoms with van der Waals surface area (Å²) in [6.45, 7) is 2.78. The summed E-state index contributed by atoms with van der Waals surface area (Å²) in [6.07, 6.45) is 0. The number of carboxylic acids is 3. The molecule has 0 aliphatic rings. The van der Waals surface area contributed by atoms with Crippen molar-refractivity contribution in [3.8, 4) is 0 Å². The highest BCUT2D eigenvalue weighted by atomic mass is 16.4. The Morgan fingerprint density at radius 2 is 1.44 bits per heavy atom. The van der Waals surface area contributed by atoms with Gasteiger partial charge in [-0.05, 0) is 12.5 Å². The predicted octanol–water partition coefficient (Wildman–Crippen LogP) is -0.944. The van der Waals surface area contributed by atoms with Crippen molar-refractivity contribution >= 4 is 23.7 Å². The van der Waals surface area contributed by atoms with Crippen molar-refractivity contribution in [2.24, 2.45) is 0 Å². The molecule has 0 aliphatic carbocycles. The number of rotatable bonds is 8. The number of ketones is 1. The van der Waals surface area contributed by atoms with Gasteiger partial charge in [0.1, 0.15) is 0 Å². The van der Waals surface area contributed by atoms with E-state index < -0.39 is 42.8 Å². The first-order valence-electron chi connectivity index (χ1n) is 4.77.